The highest BCUT2D eigenvalue weighted by Gasteiger charge is 2.01. The molecule has 0 saturated heterocycles. The maximum atomic E-state index is 9.12. The number of rotatable bonds is 7. The van der Waals surface area contributed by atoms with Crippen LogP contribution < -0.4 is 5.32 Å². The summed E-state index contributed by atoms with van der Waals surface area (Å²) in [6, 6.07) is 0. The Hall–Kier alpha value is -0.940. The Morgan fingerprint density at radius 1 is 1.60 bits per heavy atom. The van der Waals surface area contributed by atoms with Gasteiger partial charge in [-0.25, -0.2) is 0 Å². The molecule has 0 amide bonds. The van der Waals surface area contributed by atoms with Crippen LogP contribution in [0.15, 0.2) is 6.20 Å². The number of nitrogens with one attached hydrogen (secondary N) is 1. The molecule has 1 rings (SSSR count). The molecule has 0 aliphatic rings. The van der Waals surface area contributed by atoms with E-state index in [9.17, 15) is 0 Å². The Balaban J connectivity index is 2.29. The van der Waals surface area contributed by atoms with E-state index in [0.29, 0.717) is 6.42 Å². The zero-order valence-corrected chi connectivity index (χ0v) is 9.48. The van der Waals surface area contributed by atoms with Crippen LogP contribution in [0.3, 0.4) is 0 Å². The molecule has 0 bridgehead atoms. The van der Waals surface area contributed by atoms with Gasteiger partial charge in [0.2, 0.25) is 0 Å². The van der Waals surface area contributed by atoms with E-state index in [-0.39, 0.29) is 6.10 Å². The van der Waals surface area contributed by atoms with Gasteiger partial charge in [-0.1, -0.05) is 12.1 Å². The van der Waals surface area contributed by atoms with Crippen molar-refractivity contribution in [3.8, 4) is 0 Å². The van der Waals surface area contributed by atoms with Gasteiger partial charge in [-0.3, -0.25) is 4.68 Å². The number of aliphatic hydroxyl groups excluding tert-OH is 1. The van der Waals surface area contributed by atoms with Crippen LogP contribution in [0.5, 0.6) is 0 Å². The first-order valence-corrected chi connectivity index (χ1v) is 5.50. The van der Waals surface area contributed by atoms with Crippen molar-refractivity contribution in [1.29, 1.82) is 0 Å². The molecule has 15 heavy (non-hydrogen) atoms. The first-order chi connectivity index (χ1) is 7.22. The van der Waals surface area contributed by atoms with Crippen LogP contribution in [0.1, 0.15) is 32.4 Å². The quantitative estimate of drug-likeness (QED) is 0.648. The Labute approximate surface area is 90.5 Å². The molecule has 5 heteroatoms. The first kappa shape index (κ1) is 12.1. The van der Waals surface area contributed by atoms with Crippen molar-refractivity contribution in [2.45, 2.75) is 45.9 Å². The molecule has 1 heterocycles. The average molecular weight is 212 g/mol. The molecule has 2 N–H and O–H groups in total. The summed E-state index contributed by atoms with van der Waals surface area (Å²) < 4.78 is 1.77. The fourth-order valence-corrected chi connectivity index (χ4v) is 1.24. The Kier molecular flexibility index (Phi) is 5.28. The highest BCUT2D eigenvalue weighted by Crippen LogP contribution is 1.97. The van der Waals surface area contributed by atoms with Crippen molar-refractivity contribution in [3.05, 3.63) is 11.9 Å². The summed E-state index contributed by atoms with van der Waals surface area (Å²) in [6.07, 6.45) is 3.47. The van der Waals surface area contributed by atoms with Crippen molar-refractivity contribution in [3.63, 3.8) is 0 Å². The van der Waals surface area contributed by atoms with Gasteiger partial charge in [-0.15, -0.1) is 5.10 Å². The van der Waals surface area contributed by atoms with Crippen molar-refractivity contribution >= 4 is 0 Å². The van der Waals surface area contributed by atoms with Crippen LogP contribution in [0, 0.1) is 0 Å². The van der Waals surface area contributed by atoms with Gasteiger partial charge in [0.05, 0.1) is 11.8 Å². The minimum absolute atomic E-state index is 0.282. The minimum Gasteiger partial charge on any atom is -0.393 e. The third-order valence-corrected chi connectivity index (χ3v) is 2.09. The first-order valence-electron chi connectivity index (χ1n) is 5.50. The van der Waals surface area contributed by atoms with Gasteiger partial charge in [0, 0.05) is 19.3 Å². The Bertz CT molecular complexity index is 272. The fourth-order valence-electron chi connectivity index (χ4n) is 1.24. The number of aryl methyl sites for hydroxylation is 1. The van der Waals surface area contributed by atoms with Crippen LogP contribution >= 0.6 is 0 Å². The second-order valence-electron chi connectivity index (χ2n) is 3.79. The SMILES string of the molecule is CCCNCc1cn(CCC(C)O)nn1. The molecule has 0 radical (unpaired) electrons. The van der Waals surface area contributed by atoms with Crippen LogP contribution in [0.2, 0.25) is 0 Å². The van der Waals surface area contributed by atoms with E-state index in [1.807, 2.05) is 6.20 Å². The summed E-state index contributed by atoms with van der Waals surface area (Å²) in [4.78, 5) is 0. The highest BCUT2D eigenvalue weighted by atomic mass is 16.3. The van der Waals surface area contributed by atoms with Gasteiger partial charge in [-0.2, -0.15) is 0 Å². The van der Waals surface area contributed by atoms with Crippen LogP contribution in [-0.2, 0) is 13.1 Å². The average Bonchev–Trinajstić information content (AvgIpc) is 2.63. The molecule has 5 nitrogen and oxygen atoms in total. The van der Waals surface area contributed by atoms with Gasteiger partial charge in [0.1, 0.15) is 0 Å². The smallest absolute Gasteiger partial charge is 0.0964 e. The summed E-state index contributed by atoms with van der Waals surface area (Å²) in [6.45, 7) is 6.40. The van der Waals surface area contributed by atoms with Crippen LogP contribution in [0.25, 0.3) is 0 Å². The van der Waals surface area contributed by atoms with E-state index in [1.165, 1.54) is 0 Å². The van der Waals surface area contributed by atoms with Gasteiger partial charge >= 0.3 is 0 Å². The summed E-state index contributed by atoms with van der Waals surface area (Å²) in [5.74, 6) is 0. The summed E-state index contributed by atoms with van der Waals surface area (Å²) in [7, 11) is 0. The second-order valence-corrected chi connectivity index (χ2v) is 3.79. The lowest BCUT2D eigenvalue weighted by Crippen LogP contribution is -2.14. The lowest BCUT2D eigenvalue weighted by molar-refractivity contribution is 0.176. The van der Waals surface area contributed by atoms with E-state index in [4.69, 9.17) is 5.11 Å². The molecule has 1 aromatic heterocycles. The molecule has 0 aliphatic carbocycles. The molecule has 0 aliphatic heterocycles. The molecule has 0 aromatic carbocycles. The van der Waals surface area contributed by atoms with E-state index < -0.39 is 0 Å². The van der Waals surface area contributed by atoms with Gasteiger partial charge in [0.25, 0.3) is 0 Å². The number of aromatic nitrogens is 3. The number of hydrogen-bond donors (Lipinski definition) is 2. The minimum atomic E-state index is -0.282. The zero-order valence-electron chi connectivity index (χ0n) is 9.48. The molecule has 0 fully saturated rings. The molecule has 0 saturated carbocycles. The maximum absolute atomic E-state index is 9.12. The van der Waals surface area contributed by atoms with Crippen LogP contribution in [-0.4, -0.2) is 32.7 Å². The van der Waals surface area contributed by atoms with Crippen LogP contribution in [0.4, 0.5) is 0 Å². The Morgan fingerprint density at radius 3 is 3.07 bits per heavy atom. The topological polar surface area (TPSA) is 63.0 Å². The summed E-state index contributed by atoms with van der Waals surface area (Å²) >= 11 is 0. The molecule has 0 spiro atoms. The van der Waals surface area contributed by atoms with E-state index in [2.05, 4.69) is 22.6 Å². The monoisotopic (exact) mass is 212 g/mol. The lowest BCUT2D eigenvalue weighted by atomic mass is 10.3. The highest BCUT2D eigenvalue weighted by molar-refractivity contribution is 4.91. The molecule has 1 unspecified atom stereocenters. The maximum Gasteiger partial charge on any atom is 0.0964 e. The number of hydrogen-bond acceptors (Lipinski definition) is 4. The van der Waals surface area contributed by atoms with Crippen molar-refractivity contribution < 1.29 is 5.11 Å². The van der Waals surface area contributed by atoms with E-state index in [0.717, 1.165) is 31.7 Å². The molecular formula is C10H20N4O. The lowest BCUT2D eigenvalue weighted by Gasteiger charge is -2.02. The van der Waals surface area contributed by atoms with Crippen molar-refractivity contribution in [2.24, 2.45) is 0 Å². The summed E-state index contributed by atoms with van der Waals surface area (Å²) in [5, 5.41) is 20.4. The van der Waals surface area contributed by atoms with Crippen molar-refractivity contribution in [1.82, 2.24) is 20.3 Å². The zero-order chi connectivity index (χ0) is 11.1. The predicted octanol–water partition coefficient (Wildman–Crippen LogP) is 0.549. The third-order valence-electron chi connectivity index (χ3n) is 2.09. The molecule has 86 valence electrons. The van der Waals surface area contributed by atoms with Gasteiger partial charge in [-0.05, 0) is 26.3 Å². The molecule has 1 aromatic rings. The van der Waals surface area contributed by atoms with E-state index >= 15 is 0 Å². The number of nitrogens with zero attached hydrogens (tertiary/aromatic N) is 3. The van der Waals surface area contributed by atoms with Crippen molar-refractivity contribution in [2.75, 3.05) is 6.54 Å². The normalized spacial score (nSPS) is 13.0. The van der Waals surface area contributed by atoms with Gasteiger partial charge in [0.15, 0.2) is 0 Å². The Morgan fingerprint density at radius 2 is 2.40 bits per heavy atom. The second kappa shape index (κ2) is 6.53. The summed E-state index contributed by atoms with van der Waals surface area (Å²) in [5.41, 5.74) is 0.953. The molecular weight excluding hydrogens is 192 g/mol. The third kappa shape index (κ3) is 4.90. The number of aliphatic hydroxyl groups is 1. The largest absolute Gasteiger partial charge is 0.393 e. The van der Waals surface area contributed by atoms with E-state index in [1.54, 1.807) is 11.6 Å². The fraction of sp³-hybridized carbons (Fsp3) is 0.800. The van der Waals surface area contributed by atoms with Gasteiger partial charge < -0.3 is 10.4 Å². The molecule has 1 atom stereocenters. The standard InChI is InChI=1S/C10H20N4O/c1-3-5-11-7-10-8-14(13-12-10)6-4-9(2)15/h8-9,11,15H,3-7H2,1-2H3. The predicted molar refractivity (Wildman–Crippen MR) is 58.3 cm³/mol.